The summed E-state index contributed by atoms with van der Waals surface area (Å²) in [6.07, 6.45) is 2.80. The molecule has 3 heteroatoms. The van der Waals surface area contributed by atoms with Crippen LogP contribution in [0.5, 0.6) is 0 Å². The van der Waals surface area contributed by atoms with E-state index in [1.165, 1.54) is 52.1 Å². The first-order valence-corrected chi connectivity index (χ1v) is 8.73. The third-order valence-corrected chi connectivity index (χ3v) is 5.48. The highest BCUT2D eigenvalue weighted by molar-refractivity contribution is 4.88. The van der Waals surface area contributed by atoms with Crippen molar-refractivity contribution in [1.29, 1.82) is 0 Å². The molecule has 0 aromatic carbocycles. The minimum atomic E-state index is 0.690. The molecule has 0 N–H and O–H groups in total. The van der Waals surface area contributed by atoms with Gasteiger partial charge in [0.15, 0.2) is 0 Å². The van der Waals surface area contributed by atoms with Crippen LogP contribution in [0.2, 0.25) is 0 Å². The van der Waals surface area contributed by atoms with Crippen molar-refractivity contribution in [2.45, 2.75) is 65.6 Å². The Morgan fingerprint density at radius 1 is 1.00 bits per heavy atom. The van der Waals surface area contributed by atoms with Crippen molar-refractivity contribution in [3.8, 4) is 0 Å². The molecule has 3 nitrogen and oxygen atoms in total. The molecule has 2 atom stereocenters. The molecule has 0 bridgehead atoms. The fraction of sp³-hybridized carbons (Fsp3) is 1.00. The molecule has 2 fully saturated rings. The molecule has 0 aliphatic carbocycles. The third-order valence-electron chi connectivity index (χ3n) is 5.48. The van der Waals surface area contributed by atoms with Gasteiger partial charge in [0, 0.05) is 37.8 Å². The first-order valence-electron chi connectivity index (χ1n) is 8.73. The number of piperidine rings is 1. The largest absolute Gasteiger partial charge is 0.304 e. The Morgan fingerprint density at radius 2 is 1.55 bits per heavy atom. The molecule has 0 spiro atoms. The summed E-state index contributed by atoms with van der Waals surface area (Å²) >= 11 is 0. The maximum absolute atomic E-state index is 2.78. The summed E-state index contributed by atoms with van der Waals surface area (Å²) in [5, 5.41) is 0. The third kappa shape index (κ3) is 3.96. The predicted molar refractivity (Wildman–Crippen MR) is 87.2 cm³/mol. The van der Waals surface area contributed by atoms with Gasteiger partial charge in [-0.1, -0.05) is 6.92 Å². The van der Waals surface area contributed by atoms with Gasteiger partial charge in [0.25, 0.3) is 0 Å². The van der Waals surface area contributed by atoms with Crippen molar-refractivity contribution in [3.63, 3.8) is 0 Å². The molecule has 0 radical (unpaired) electrons. The summed E-state index contributed by atoms with van der Waals surface area (Å²) in [6.45, 7) is 19.5. The van der Waals surface area contributed by atoms with Crippen molar-refractivity contribution >= 4 is 0 Å². The molecular weight excluding hydrogens is 246 g/mol. The topological polar surface area (TPSA) is 9.72 Å². The molecule has 2 saturated heterocycles. The van der Waals surface area contributed by atoms with Gasteiger partial charge in [-0.3, -0.25) is 9.80 Å². The van der Waals surface area contributed by atoms with Crippen molar-refractivity contribution in [2.75, 3.05) is 39.3 Å². The Balaban J connectivity index is 1.84. The molecule has 0 aromatic heterocycles. The Morgan fingerprint density at radius 3 is 2.00 bits per heavy atom. The van der Waals surface area contributed by atoms with Gasteiger partial charge in [-0.25, -0.2) is 0 Å². The molecular formula is C17H35N3. The first-order chi connectivity index (χ1) is 9.51. The highest BCUT2D eigenvalue weighted by Gasteiger charge is 2.32. The van der Waals surface area contributed by atoms with Crippen molar-refractivity contribution < 1.29 is 0 Å². The zero-order valence-electron chi connectivity index (χ0n) is 14.3. The van der Waals surface area contributed by atoms with Crippen LogP contribution in [0.15, 0.2) is 0 Å². The Labute approximate surface area is 126 Å². The molecule has 2 unspecified atom stereocenters. The van der Waals surface area contributed by atoms with Crippen LogP contribution in [-0.4, -0.2) is 72.1 Å². The monoisotopic (exact) mass is 281 g/mol. The smallest absolute Gasteiger partial charge is 0.0198 e. The second-order valence-electron chi connectivity index (χ2n) is 7.32. The molecule has 20 heavy (non-hydrogen) atoms. The molecule has 0 saturated carbocycles. The zero-order valence-corrected chi connectivity index (χ0v) is 14.3. The Kier molecular flexibility index (Phi) is 5.88. The number of likely N-dealkylation sites (tertiary alicyclic amines) is 1. The van der Waals surface area contributed by atoms with Gasteiger partial charge in [-0.15, -0.1) is 0 Å². The normalized spacial score (nSPS) is 32.1. The first kappa shape index (κ1) is 16.3. The molecule has 2 heterocycles. The van der Waals surface area contributed by atoms with Crippen molar-refractivity contribution in [3.05, 3.63) is 0 Å². The maximum Gasteiger partial charge on any atom is 0.0198 e. The average molecular weight is 281 g/mol. The maximum atomic E-state index is 2.78. The van der Waals surface area contributed by atoms with E-state index in [-0.39, 0.29) is 0 Å². The second kappa shape index (κ2) is 7.24. The zero-order chi connectivity index (χ0) is 14.7. The minimum absolute atomic E-state index is 0.690. The summed E-state index contributed by atoms with van der Waals surface area (Å²) in [5.74, 6) is 0.924. The fourth-order valence-electron chi connectivity index (χ4n) is 3.96. The Hall–Kier alpha value is -0.120. The van der Waals surface area contributed by atoms with Crippen LogP contribution in [0.25, 0.3) is 0 Å². The van der Waals surface area contributed by atoms with E-state index >= 15 is 0 Å². The number of hydrogen-bond acceptors (Lipinski definition) is 3. The van der Waals surface area contributed by atoms with Crippen LogP contribution in [0.4, 0.5) is 0 Å². The van der Waals surface area contributed by atoms with Gasteiger partial charge in [0.2, 0.25) is 0 Å². The van der Waals surface area contributed by atoms with Gasteiger partial charge in [0.1, 0.15) is 0 Å². The van der Waals surface area contributed by atoms with Crippen LogP contribution in [0.1, 0.15) is 47.5 Å². The van der Waals surface area contributed by atoms with Crippen molar-refractivity contribution in [2.24, 2.45) is 5.92 Å². The standard InChI is InChI=1S/C17H35N3/c1-6-18-9-7-17(8-10-18)13-20-15(4)11-19(14(2)3)12-16(20)5/h14-17H,6-13H2,1-5H3. The SMILES string of the molecule is CCN1CCC(CN2C(C)CN(C(C)C)CC2C)CC1. The van der Waals surface area contributed by atoms with E-state index in [4.69, 9.17) is 0 Å². The van der Waals surface area contributed by atoms with Crippen molar-refractivity contribution in [1.82, 2.24) is 14.7 Å². The fourth-order valence-corrected chi connectivity index (χ4v) is 3.96. The van der Waals surface area contributed by atoms with E-state index in [1.54, 1.807) is 0 Å². The molecule has 2 aliphatic heterocycles. The van der Waals surface area contributed by atoms with Gasteiger partial charge < -0.3 is 4.90 Å². The second-order valence-corrected chi connectivity index (χ2v) is 7.32. The molecule has 0 amide bonds. The van der Waals surface area contributed by atoms with Gasteiger partial charge >= 0.3 is 0 Å². The van der Waals surface area contributed by atoms with E-state index < -0.39 is 0 Å². The summed E-state index contributed by atoms with van der Waals surface area (Å²) in [4.78, 5) is 8.02. The van der Waals surface area contributed by atoms with E-state index in [9.17, 15) is 0 Å². The molecule has 0 aromatic rings. The summed E-state index contributed by atoms with van der Waals surface area (Å²) in [5.41, 5.74) is 0. The lowest BCUT2D eigenvalue weighted by Crippen LogP contribution is -2.59. The van der Waals surface area contributed by atoms with Crippen LogP contribution in [0.3, 0.4) is 0 Å². The molecule has 2 aliphatic rings. The van der Waals surface area contributed by atoms with E-state index in [0.717, 1.165) is 5.92 Å². The summed E-state index contributed by atoms with van der Waals surface area (Å²) < 4.78 is 0. The molecule has 2 rings (SSSR count). The van der Waals surface area contributed by atoms with E-state index in [0.29, 0.717) is 18.1 Å². The quantitative estimate of drug-likeness (QED) is 0.784. The predicted octanol–water partition coefficient (Wildman–Crippen LogP) is 2.52. The minimum Gasteiger partial charge on any atom is -0.304 e. The number of piperazine rings is 1. The lowest BCUT2D eigenvalue weighted by atomic mass is 9.94. The summed E-state index contributed by atoms with van der Waals surface area (Å²) in [7, 11) is 0. The Bertz CT molecular complexity index is 272. The van der Waals surface area contributed by atoms with Crippen LogP contribution in [0, 0.1) is 5.92 Å². The lowest BCUT2D eigenvalue weighted by Gasteiger charge is -2.47. The van der Waals surface area contributed by atoms with Crippen LogP contribution < -0.4 is 0 Å². The average Bonchev–Trinajstić information content (AvgIpc) is 2.43. The highest BCUT2D eigenvalue weighted by Crippen LogP contribution is 2.24. The molecule has 118 valence electrons. The van der Waals surface area contributed by atoms with Crippen LogP contribution in [-0.2, 0) is 0 Å². The van der Waals surface area contributed by atoms with Gasteiger partial charge in [-0.2, -0.15) is 0 Å². The van der Waals surface area contributed by atoms with Gasteiger partial charge in [-0.05, 0) is 66.1 Å². The van der Waals surface area contributed by atoms with E-state index in [1.807, 2.05) is 0 Å². The number of hydrogen-bond donors (Lipinski definition) is 0. The number of nitrogens with zero attached hydrogens (tertiary/aromatic N) is 3. The van der Waals surface area contributed by atoms with E-state index in [2.05, 4.69) is 49.3 Å². The van der Waals surface area contributed by atoms with Gasteiger partial charge in [0.05, 0.1) is 0 Å². The van der Waals surface area contributed by atoms with Crippen LogP contribution >= 0.6 is 0 Å². The highest BCUT2D eigenvalue weighted by atomic mass is 15.3. The number of rotatable bonds is 4. The summed E-state index contributed by atoms with van der Waals surface area (Å²) in [6, 6.07) is 2.12. The lowest BCUT2D eigenvalue weighted by molar-refractivity contribution is 0.00675.